The largest absolute Gasteiger partial charge is 0.377 e. The Bertz CT molecular complexity index is 267. The van der Waals surface area contributed by atoms with Crippen molar-refractivity contribution in [1.82, 2.24) is 0 Å². The SMILES string of the molecule is C=CCOCC1C2C=CC(C2)C1COCC=C. The van der Waals surface area contributed by atoms with Crippen LogP contribution in [0.5, 0.6) is 0 Å². The highest BCUT2D eigenvalue weighted by atomic mass is 16.5. The average Bonchev–Trinajstić information content (AvgIpc) is 2.92. The third-order valence-corrected chi connectivity index (χ3v) is 3.89. The first-order chi connectivity index (χ1) is 8.36. The third kappa shape index (κ3) is 2.88. The molecule has 2 heteroatoms. The lowest BCUT2D eigenvalue weighted by atomic mass is 9.84. The molecule has 0 saturated heterocycles. The molecule has 0 spiro atoms. The first-order valence-corrected chi connectivity index (χ1v) is 6.42. The minimum atomic E-state index is 0.620. The van der Waals surface area contributed by atoms with Gasteiger partial charge in [0.2, 0.25) is 0 Å². The molecular formula is C15H22O2. The Morgan fingerprint density at radius 1 is 0.941 bits per heavy atom. The van der Waals surface area contributed by atoms with E-state index in [9.17, 15) is 0 Å². The third-order valence-electron chi connectivity index (χ3n) is 3.89. The van der Waals surface area contributed by atoms with Crippen LogP contribution in [0.3, 0.4) is 0 Å². The quantitative estimate of drug-likeness (QED) is 0.475. The first kappa shape index (κ1) is 12.6. The fourth-order valence-corrected chi connectivity index (χ4v) is 3.10. The Kier molecular flexibility index (Phi) is 4.57. The molecule has 0 N–H and O–H groups in total. The minimum absolute atomic E-state index is 0.620. The van der Waals surface area contributed by atoms with Crippen molar-refractivity contribution in [2.75, 3.05) is 26.4 Å². The molecule has 0 aromatic carbocycles. The summed E-state index contributed by atoms with van der Waals surface area (Å²) in [6.45, 7) is 10.3. The highest BCUT2D eigenvalue weighted by Crippen LogP contribution is 2.48. The zero-order chi connectivity index (χ0) is 12.1. The van der Waals surface area contributed by atoms with E-state index in [1.54, 1.807) is 0 Å². The van der Waals surface area contributed by atoms with Gasteiger partial charge in [0.15, 0.2) is 0 Å². The van der Waals surface area contributed by atoms with E-state index >= 15 is 0 Å². The van der Waals surface area contributed by atoms with E-state index in [4.69, 9.17) is 9.47 Å². The number of allylic oxidation sites excluding steroid dienone is 2. The number of rotatable bonds is 8. The Morgan fingerprint density at radius 3 is 1.82 bits per heavy atom. The zero-order valence-corrected chi connectivity index (χ0v) is 10.4. The molecule has 1 fully saturated rings. The lowest BCUT2D eigenvalue weighted by Crippen LogP contribution is -2.28. The van der Waals surface area contributed by atoms with E-state index in [1.165, 1.54) is 6.42 Å². The molecule has 2 nitrogen and oxygen atoms in total. The number of hydrogen-bond acceptors (Lipinski definition) is 2. The maximum absolute atomic E-state index is 5.63. The Morgan fingerprint density at radius 2 is 1.41 bits per heavy atom. The second kappa shape index (κ2) is 6.18. The van der Waals surface area contributed by atoms with Gasteiger partial charge in [-0.15, -0.1) is 13.2 Å². The number of ether oxygens (including phenoxy) is 2. The Balaban J connectivity index is 1.85. The molecular weight excluding hydrogens is 212 g/mol. The second-order valence-corrected chi connectivity index (χ2v) is 4.93. The van der Waals surface area contributed by atoms with E-state index in [-0.39, 0.29) is 0 Å². The number of hydrogen-bond donors (Lipinski definition) is 0. The van der Waals surface area contributed by atoms with E-state index in [2.05, 4.69) is 25.3 Å². The smallest absolute Gasteiger partial charge is 0.0644 e. The van der Waals surface area contributed by atoms with Gasteiger partial charge in [0.1, 0.15) is 0 Å². The minimum Gasteiger partial charge on any atom is -0.377 e. The van der Waals surface area contributed by atoms with Crippen molar-refractivity contribution in [2.45, 2.75) is 6.42 Å². The second-order valence-electron chi connectivity index (χ2n) is 4.93. The molecule has 4 atom stereocenters. The van der Waals surface area contributed by atoms with Crippen LogP contribution in [-0.2, 0) is 9.47 Å². The molecule has 1 saturated carbocycles. The molecule has 2 bridgehead atoms. The molecule has 0 radical (unpaired) electrons. The van der Waals surface area contributed by atoms with Crippen molar-refractivity contribution in [1.29, 1.82) is 0 Å². The van der Waals surface area contributed by atoms with Crippen LogP contribution in [0.1, 0.15) is 6.42 Å². The summed E-state index contributed by atoms with van der Waals surface area (Å²) in [5.74, 6) is 2.63. The van der Waals surface area contributed by atoms with Gasteiger partial charge in [0.25, 0.3) is 0 Å². The number of fused-ring (bicyclic) bond motifs is 2. The predicted octanol–water partition coefficient (Wildman–Crippen LogP) is 2.83. The van der Waals surface area contributed by atoms with Gasteiger partial charge in [-0.2, -0.15) is 0 Å². The van der Waals surface area contributed by atoms with Crippen molar-refractivity contribution < 1.29 is 9.47 Å². The van der Waals surface area contributed by atoms with Crippen molar-refractivity contribution in [3.05, 3.63) is 37.5 Å². The molecule has 0 aromatic heterocycles. The topological polar surface area (TPSA) is 18.5 Å². The molecule has 4 unspecified atom stereocenters. The van der Waals surface area contributed by atoms with E-state index in [1.807, 2.05) is 12.2 Å². The summed E-state index contributed by atoms with van der Waals surface area (Å²) >= 11 is 0. The van der Waals surface area contributed by atoms with Crippen molar-refractivity contribution in [3.8, 4) is 0 Å². The lowest BCUT2D eigenvalue weighted by molar-refractivity contribution is 0.0439. The van der Waals surface area contributed by atoms with Gasteiger partial charge in [0.05, 0.1) is 26.4 Å². The summed E-state index contributed by atoms with van der Waals surface area (Å²) in [5.41, 5.74) is 0. The van der Waals surface area contributed by atoms with E-state index < -0.39 is 0 Å². The van der Waals surface area contributed by atoms with Crippen molar-refractivity contribution >= 4 is 0 Å². The molecule has 0 amide bonds. The van der Waals surface area contributed by atoms with Crippen LogP contribution in [-0.4, -0.2) is 26.4 Å². The van der Waals surface area contributed by atoms with Gasteiger partial charge in [-0.3, -0.25) is 0 Å². The maximum Gasteiger partial charge on any atom is 0.0644 e. The van der Waals surface area contributed by atoms with Crippen LogP contribution in [0.25, 0.3) is 0 Å². The molecule has 0 heterocycles. The predicted molar refractivity (Wildman–Crippen MR) is 69.7 cm³/mol. The Hall–Kier alpha value is -0.860. The van der Waals surface area contributed by atoms with Crippen molar-refractivity contribution in [3.63, 3.8) is 0 Å². The summed E-state index contributed by atoms with van der Waals surface area (Å²) in [7, 11) is 0. The summed E-state index contributed by atoms with van der Waals surface area (Å²) in [6.07, 6.45) is 9.62. The molecule has 2 aliphatic carbocycles. The highest BCUT2D eigenvalue weighted by molar-refractivity contribution is 5.13. The summed E-state index contributed by atoms with van der Waals surface area (Å²) in [5, 5.41) is 0. The molecule has 0 aliphatic heterocycles. The van der Waals surface area contributed by atoms with Gasteiger partial charge in [0, 0.05) is 0 Å². The van der Waals surface area contributed by atoms with Crippen LogP contribution in [0, 0.1) is 23.7 Å². The van der Waals surface area contributed by atoms with Crippen LogP contribution in [0.4, 0.5) is 0 Å². The van der Waals surface area contributed by atoms with Crippen LogP contribution >= 0.6 is 0 Å². The summed E-state index contributed by atoms with van der Waals surface area (Å²) < 4.78 is 11.3. The van der Waals surface area contributed by atoms with Gasteiger partial charge in [-0.05, 0) is 30.1 Å². The molecule has 2 rings (SSSR count). The monoisotopic (exact) mass is 234 g/mol. The molecule has 17 heavy (non-hydrogen) atoms. The fraction of sp³-hybridized carbons (Fsp3) is 0.600. The van der Waals surface area contributed by atoms with Crippen LogP contribution < -0.4 is 0 Å². The van der Waals surface area contributed by atoms with E-state index in [0.29, 0.717) is 36.9 Å². The summed E-state index contributed by atoms with van der Waals surface area (Å²) in [4.78, 5) is 0. The fourth-order valence-electron chi connectivity index (χ4n) is 3.10. The zero-order valence-electron chi connectivity index (χ0n) is 10.4. The first-order valence-electron chi connectivity index (χ1n) is 6.42. The maximum atomic E-state index is 5.63. The lowest BCUT2D eigenvalue weighted by Gasteiger charge is -2.27. The normalized spacial score (nSPS) is 34.1. The van der Waals surface area contributed by atoms with Crippen molar-refractivity contribution in [2.24, 2.45) is 23.7 Å². The van der Waals surface area contributed by atoms with Gasteiger partial charge >= 0.3 is 0 Å². The van der Waals surface area contributed by atoms with Gasteiger partial charge in [-0.25, -0.2) is 0 Å². The Labute approximate surface area is 104 Å². The highest BCUT2D eigenvalue weighted by Gasteiger charge is 2.44. The van der Waals surface area contributed by atoms with Gasteiger partial charge in [-0.1, -0.05) is 24.3 Å². The van der Waals surface area contributed by atoms with Crippen LogP contribution in [0.15, 0.2) is 37.5 Å². The summed E-state index contributed by atoms with van der Waals surface area (Å²) in [6, 6.07) is 0. The van der Waals surface area contributed by atoms with E-state index in [0.717, 1.165) is 13.2 Å². The molecule has 2 aliphatic rings. The standard InChI is InChI=1S/C15H22O2/c1-3-7-16-10-14-12-5-6-13(9-12)15(14)11-17-8-4-2/h3-6,12-15H,1-2,7-11H2. The van der Waals surface area contributed by atoms with Gasteiger partial charge < -0.3 is 9.47 Å². The molecule has 0 aromatic rings. The van der Waals surface area contributed by atoms with Crippen LogP contribution in [0.2, 0.25) is 0 Å². The average molecular weight is 234 g/mol. The molecule has 94 valence electrons.